The number of fused-ring (bicyclic) bond motifs is 1. The highest BCUT2D eigenvalue weighted by Crippen LogP contribution is 2.31. The summed E-state index contributed by atoms with van der Waals surface area (Å²) in [6.07, 6.45) is -0.120. The average molecular weight is 326 g/mol. The van der Waals surface area contributed by atoms with E-state index in [0.29, 0.717) is 26.4 Å². The lowest BCUT2D eigenvalue weighted by molar-refractivity contribution is -0.0580. The second kappa shape index (κ2) is 7.45. The Morgan fingerprint density at radius 3 is 1.50 bits per heavy atom. The van der Waals surface area contributed by atoms with Gasteiger partial charge in [-0.3, -0.25) is 0 Å². The van der Waals surface area contributed by atoms with Crippen LogP contribution in [0, 0.1) is 0 Å². The summed E-state index contributed by atoms with van der Waals surface area (Å²) in [5.74, 6) is 0. The molecule has 2 heterocycles. The molecular formula is C20H22O4. The van der Waals surface area contributed by atoms with Crippen molar-refractivity contribution in [3.05, 3.63) is 71.8 Å². The van der Waals surface area contributed by atoms with E-state index in [2.05, 4.69) is 24.3 Å². The maximum absolute atomic E-state index is 6.01. The highest BCUT2D eigenvalue weighted by molar-refractivity contribution is 5.14. The molecule has 2 aliphatic heterocycles. The first-order valence-electron chi connectivity index (χ1n) is 8.44. The van der Waals surface area contributed by atoms with Crippen molar-refractivity contribution in [1.29, 1.82) is 0 Å². The molecule has 0 aromatic heterocycles. The third kappa shape index (κ3) is 3.52. The minimum absolute atomic E-state index is 0.0273. The molecule has 0 aliphatic carbocycles. The van der Waals surface area contributed by atoms with Gasteiger partial charge in [0.1, 0.15) is 24.4 Å². The summed E-state index contributed by atoms with van der Waals surface area (Å²) in [5, 5.41) is 0. The molecule has 0 N–H and O–H groups in total. The average Bonchev–Trinajstić information content (AvgIpc) is 3.22. The summed E-state index contributed by atoms with van der Waals surface area (Å²) in [6, 6.07) is 20.4. The second-order valence-corrected chi connectivity index (χ2v) is 6.27. The number of hydrogen-bond donors (Lipinski definition) is 0. The van der Waals surface area contributed by atoms with Crippen molar-refractivity contribution < 1.29 is 18.9 Å². The van der Waals surface area contributed by atoms with Gasteiger partial charge in [-0.25, -0.2) is 0 Å². The summed E-state index contributed by atoms with van der Waals surface area (Å²) >= 11 is 0. The van der Waals surface area contributed by atoms with Gasteiger partial charge in [-0.15, -0.1) is 0 Å². The molecule has 0 saturated carbocycles. The molecule has 4 rings (SSSR count). The van der Waals surface area contributed by atoms with Gasteiger partial charge in [0.25, 0.3) is 0 Å². The van der Waals surface area contributed by atoms with Crippen molar-refractivity contribution in [2.75, 3.05) is 13.2 Å². The van der Waals surface area contributed by atoms with E-state index in [-0.39, 0.29) is 24.4 Å². The van der Waals surface area contributed by atoms with E-state index >= 15 is 0 Å². The lowest BCUT2D eigenvalue weighted by Crippen LogP contribution is -2.34. The zero-order valence-electron chi connectivity index (χ0n) is 13.5. The first kappa shape index (κ1) is 15.8. The van der Waals surface area contributed by atoms with Crippen LogP contribution >= 0.6 is 0 Å². The van der Waals surface area contributed by atoms with Crippen molar-refractivity contribution in [1.82, 2.24) is 0 Å². The van der Waals surface area contributed by atoms with E-state index in [0.717, 1.165) is 11.1 Å². The Balaban J connectivity index is 1.29. The molecule has 2 aromatic carbocycles. The normalized spacial score (nSPS) is 28.8. The molecular weight excluding hydrogens is 304 g/mol. The molecule has 2 saturated heterocycles. The summed E-state index contributed by atoms with van der Waals surface area (Å²) in [6.45, 7) is 2.29. The highest BCUT2D eigenvalue weighted by Gasteiger charge is 2.48. The topological polar surface area (TPSA) is 36.9 Å². The second-order valence-electron chi connectivity index (χ2n) is 6.27. The Labute approximate surface area is 142 Å². The van der Waals surface area contributed by atoms with E-state index in [1.54, 1.807) is 0 Å². The summed E-state index contributed by atoms with van der Waals surface area (Å²) in [7, 11) is 0. The van der Waals surface area contributed by atoms with Crippen LogP contribution in [-0.4, -0.2) is 37.6 Å². The van der Waals surface area contributed by atoms with Crippen molar-refractivity contribution in [2.24, 2.45) is 0 Å². The fourth-order valence-corrected chi connectivity index (χ4v) is 3.27. The molecule has 4 unspecified atom stereocenters. The zero-order chi connectivity index (χ0) is 16.2. The summed E-state index contributed by atoms with van der Waals surface area (Å²) < 4.78 is 23.8. The van der Waals surface area contributed by atoms with Crippen molar-refractivity contribution in [3.63, 3.8) is 0 Å². The van der Waals surface area contributed by atoms with Crippen LogP contribution in [-0.2, 0) is 32.2 Å². The van der Waals surface area contributed by atoms with Gasteiger partial charge in [0, 0.05) is 0 Å². The molecule has 4 heteroatoms. The van der Waals surface area contributed by atoms with Gasteiger partial charge in [-0.1, -0.05) is 60.7 Å². The number of hydrogen-bond acceptors (Lipinski definition) is 4. The molecule has 0 amide bonds. The lowest BCUT2D eigenvalue weighted by atomic mass is 10.1. The lowest BCUT2D eigenvalue weighted by Gasteiger charge is -2.17. The predicted octanol–water partition coefficient (Wildman–Crippen LogP) is 2.95. The molecule has 0 radical (unpaired) electrons. The van der Waals surface area contributed by atoms with Crippen LogP contribution < -0.4 is 0 Å². The van der Waals surface area contributed by atoms with Gasteiger partial charge >= 0.3 is 0 Å². The van der Waals surface area contributed by atoms with Crippen molar-refractivity contribution in [3.8, 4) is 0 Å². The van der Waals surface area contributed by atoms with Crippen LogP contribution in [0.1, 0.15) is 11.1 Å². The summed E-state index contributed by atoms with van der Waals surface area (Å²) in [5.41, 5.74) is 2.33. The van der Waals surface area contributed by atoms with E-state index in [1.165, 1.54) is 0 Å². The van der Waals surface area contributed by atoms with Crippen LogP contribution in [0.25, 0.3) is 0 Å². The zero-order valence-corrected chi connectivity index (χ0v) is 13.5. The minimum atomic E-state index is -0.0329. The largest absolute Gasteiger partial charge is 0.370 e. The van der Waals surface area contributed by atoms with Gasteiger partial charge < -0.3 is 18.9 Å². The quantitative estimate of drug-likeness (QED) is 0.818. The molecule has 4 nitrogen and oxygen atoms in total. The van der Waals surface area contributed by atoms with E-state index in [1.807, 2.05) is 36.4 Å². The maximum atomic E-state index is 6.01. The third-order valence-electron chi connectivity index (χ3n) is 4.58. The first-order valence-corrected chi connectivity index (χ1v) is 8.44. The Bertz CT molecular complexity index is 573. The van der Waals surface area contributed by atoms with Crippen LogP contribution in [0.2, 0.25) is 0 Å². The number of benzene rings is 2. The monoisotopic (exact) mass is 326 g/mol. The van der Waals surface area contributed by atoms with Crippen LogP contribution in [0.15, 0.2) is 60.7 Å². The van der Waals surface area contributed by atoms with Crippen LogP contribution in [0.3, 0.4) is 0 Å². The summed E-state index contributed by atoms with van der Waals surface area (Å²) in [4.78, 5) is 0. The van der Waals surface area contributed by atoms with Crippen LogP contribution in [0.4, 0.5) is 0 Å². The highest BCUT2D eigenvalue weighted by atomic mass is 16.6. The van der Waals surface area contributed by atoms with Gasteiger partial charge in [-0.2, -0.15) is 0 Å². The Hall–Kier alpha value is -1.72. The minimum Gasteiger partial charge on any atom is -0.370 e. The maximum Gasteiger partial charge on any atom is 0.115 e. The van der Waals surface area contributed by atoms with E-state index in [9.17, 15) is 0 Å². The van der Waals surface area contributed by atoms with Gasteiger partial charge in [0.2, 0.25) is 0 Å². The predicted molar refractivity (Wildman–Crippen MR) is 89.5 cm³/mol. The molecule has 4 atom stereocenters. The van der Waals surface area contributed by atoms with E-state index < -0.39 is 0 Å². The van der Waals surface area contributed by atoms with Crippen molar-refractivity contribution >= 4 is 0 Å². The molecule has 126 valence electrons. The fraction of sp³-hybridized carbons (Fsp3) is 0.400. The van der Waals surface area contributed by atoms with Crippen LogP contribution in [0.5, 0.6) is 0 Å². The number of rotatable bonds is 6. The first-order chi connectivity index (χ1) is 11.9. The standard InChI is InChI=1S/C20H22O4/c1-3-7-15(8-4-1)11-21-17-13-23-20-18(14-24-19(17)20)22-12-16-9-5-2-6-10-16/h1-10,17-20H,11-14H2. The number of ether oxygens (including phenoxy) is 4. The van der Waals surface area contributed by atoms with E-state index in [4.69, 9.17) is 18.9 Å². The molecule has 2 fully saturated rings. The fourth-order valence-electron chi connectivity index (χ4n) is 3.27. The Morgan fingerprint density at radius 1 is 0.667 bits per heavy atom. The SMILES string of the molecule is c1ccc(COC2COC3C(OCc4ccccc4)COC23)cc1. The Morgan fingerprint density at radius 2 is 1.08 bits per heavy atom. The van der Waals surface area contributed by atoms with Gasteiger partial charge in [0.05, 0.1) is 26.4 Å². The van der Waals surface area contributed by atoms with Gasteiger partial charge in [-0.05, 0) is 11.1 Å². The van der Waals surface area contributed by atoms with Gasteiger partial charge in [0.15, 0.2) is 0 Å². The van der Waals surface area contributed by atoms with Crippen molar-refractivity contribution in [2.45, 2.75) is 37.6 Å². The smallest absolute Gasteiger partial charge is 0.115 e. The Kier molecular flexibility index (Phi) is 4.90. The molecule has 24 heavy (non-hydrogen) atoms. The molecule has 0 bridgehead atoms. The molecule has 0 spiro atoms. The molecule has 2 aromatic rings. The third-order valence-corrected chi connectivity index (χ3v) is 4.58. The molecule has 2 aliphatic rings.